The molecule has 1 rings (SSSR count). The third kappa shape index (κ3) is 4.92. The Hall–Kier alpha value is 0.770. The largest absolute Gasteiger partial charge is 0.626 e. The van der Waals surface area contributed by atoms with Crippen LogP contribution in [0, 0.1) is 5.92 Å². The lowest BCUT2D eigenvalue weighted by atomic mass is 10.0. The van der Waals surface area contributed by atoms with E-state index in [0.29, 0.717) is 31.3 Å². The smallest absolute Gasteiger partial charge is 0.253 e. The van der Waals surface area contributed by atoms with E-state index in [9.17, 15) is 4.89 Å². The number of hydrogen-bond donors (Lipinski definition) is 2. The van der Waals surface area contributed by atoms with Gasteiger partial charge in [0.1, 0.15) is 6.10 Å². The maximum Gasteiger partial charge on any atom is 0.253 e. The Kier molecular flexibility index (Phi) is 7.76. The molecule has 0 aliphatic carbocycles. The van der Waals surface area contributed by atoms with Crippen LogP contribution >= 0.6 is 31.2 Å². The van der Waals surface area contributed by atoms with Gasteiger partial charge in [0.05, 0.1) is 13.1 Å². The van der Waals surface area contributed by atoms with Gasteiger partial charge < -0.3 is 4.89 Å². The van der Waals surface area contributed by atoms with Gasteiger partial charge in [0.15, 0.2) is 6.23 Å². The Labute approximate surface area is 124 Å². The van der Waals surface area contributed by atoms with Crippen molar-refractivity contribution in [3.8, 4) is 0 Å². The number of halogens is 2. The molecule has 0 bridgehead atoms. The first-order chi connectivity index (χ1) is 8.96. The van der Waals surface area contributed by atoms with E-state index in [-0.39, 0.29) is 12.0 Å². The first kappa shape index (κ1) is 17.8. The van der Waals surface area contributed by atoms with E-state index in [1.807, 2.05) is 13.8 Å². The molecule has 1 heterocycles. The highest BCUT2D eigenvalue weighted by Gasteiger charge is 2.47. The third-order valence-electron chi connectivity index (χ3n) is 2.96. The van der Waals surface area contributed by atoms with E-state index >= 15 is 0 Å². The second kappa shape index (κ2) is 8.27. The summed E-state index contributed by atoms with van der Waals surface area (Å²) in [6.07, 6.45) is -0.564. The van der Waals surface area contributed by atoms with Crippen LogP contribution in [0.2, 0.25) is 0 Å². The molecule has 0 radical (unpaired) electrons. The minimum absolute atomic E-state index is 0.155. The van der Waals surface area contributed by atoms with Crippen LogP contribution in [-0.4, -0.2) is 47.1 Å². The highest BCUT2D eigenvalue weighted by Crippen LogP contribution is 2.56. The van der Waals surface area contributed by atoms with Crippen molar-refractivity contribution in [1.82, 2.24) is 9.76 Å². The Morgan fingerprint density at radius 3 is 2.47 bits per heavy atom. The molecule has 1 fully saturated rings. The minimum atomic E-state index is -3.31. The van der Waals surface area contributed by atoms with E-state index in [4.69, 9.17) is 33.0 Å². The molecule has 114 valence electrons. The molecule has 1 unspecified atom stereocenters. The Bertz CT molecular complexity index is 272. The quantitative estimate of drug-likeness (QED) is 0.319. The lowest BCUT2D eigenvalue weighted by Gasteiger charge is -2.45. The molecule has 0 aromatic rings. The van der Waals surface area contributed by atoms with Crippen molar-refractivity contribution in [1.29, 1.82) is 0 Å². The average molecular weight is 335 g/mol. The van der Waals surface area contributed by atoms with Crippen molar-refractivity contribution < 1.29 is 19.6 Å². The van der Waals surface area contributed by atoms with Gasteiger partial charge in [-0.25, -0.2) is 9.41 Å². The van der Waals surface area contributed by atoms with Gasteiger partial charge in [0.25, 0.3) is 8.02 Å². The van der Waals surface area contributed by atoms with E-state index in [2.05, 4.69) is 9.97 Å². The number of nitrogens with one attached hydrogen (secondary N) is 1. The van der Waals surface area contributed by atoms with Crippen molar-refractivity contribution in [3.05, 3.63) is 0 Å². The van der Waals surface area contributed by atoms with Gasteiger partial charge >= 0.3 is 0 Å². The van der Waals surface area contributed by atoms with Crippen molar-refractivity contribution in [3.63, 3.8) is 0 Å². The maximum absolute atomic E-state index is 12.9. The van der Waals surface area contributed by atoms with Gasteiger partial charge in [0, 0.05) is 18.2 Å². The zero-order valence-electron chi connectivity index (χ0n) is 11.1. The monoisotopic (exact) mass is 334 g/mol. The lowest BCUT2D eigenvalue weighted by molar-refractivity contribution is -0.303. The summed E-state index contributed by atoms with van der Waals surface area (Å²) in [5.74, 6) is 0.771. The van der Waals surface area contributed by atoms with Crippen LogP contribution in [0.1, 0.15) is 20.3 Å². The van der Waals surface area contributed by atoms with E-state index in [1.165, 1.54) is 0 Å². The molecular formula is C10H21Cl2N2O4P. The van der Waals surface area contributed by atoms with Gasteiger partial charge in [-0.15, -0.1) is 33.0 Å². The fourth-order valence-corrected chi connectivity index (χ4v) is 4.82. The van der Waals surface area contributed by atoms with Gasteiger partial charge in [0.2, 0.25) is 0 Å². The number of hydrogen-bond acceptors (Lipinski definition) is 6. The van der Waals surface area contributed by atoms with Crippen molar-refractivity contribution in [2.45, 2.75) is 32.6 Å². The fraction of sp³-hybridized carbons (Fsp3) is 1.00. The Morgan fingerprint density at radius 1 is 1.47 bits per heavy atom. The number of rotatable bonds is 7. The van der Waals surface area contributed by atoms with Gasteiger partial charge in [-0.1, -0.05) is 13.8 Å². The van der Waals surface area contributed by atoms with Crippen LogP contribution in [0.5, 0.6) is 0 Å². The molecule has 0 saturated carbocycles. The Balaban J connectivity index is 2.84. The second-order valence-corrected chi connectivity index (χ2v) is 7.53. The second-order valence-electron chi connectivity index (χ2n) is 4.70. The first-order valence-corrected chi connectivity index (χ1v) is 8.85. The van der Waals surface area contributed by atoms with Crippen LogP contribution in [0.25, 0.3) is 0 Å². The highest BCUT2D eigenvalue weighted by atomic mass is 35.5. The predicted molar refractivity (Wildman–Crippen MR) is 74.9 cm³/mol. The van der Waals surface area contributed by atoms with Gasteiger partial charge in [-0.05, 0) is 5.92 Å². The molecule has 0 aromatic heterocycles. The van der Waals surface area contributed by atoms with E-state index in [1.54, 1.807) is 4.67 Å². The van der Waals surface area contributed by atoms with Crippen LogP contribution in [0.4, 0.5) is 0 Å². The van der Waals surface area contributed by atoms with Crippen molar-refractivity contribution in [2.24, 2.45) is 5.92 Å². The number of nitrogens with zero attached hydrogens (tertiary/aromatic N) is 1. The van der Waals surface area contributed by atoms with Crippen LogP contribution in [0.15, 0.2) is 0 Å². The standard InChI is InChI=1S/C10H21Cl2N2O4P/c1-8(2)9-7-10(17-15)13-19(16,18-9)14(5-3-11)6-4-12/h8-10,15H,3-7H2,1-2H3,(H,13,16)/t9-,10+,19?/m0/s1. The molecule has 1 aliphatic rings. The summed E-state index contributed by atoms with van der Waals surface area (Å²) in [5, 5.41) is 11.6. The molecule has 3 atom stereocenters. The molecule has 0 aromatic carbocycles. The van der Waals surface area contributed by atoms with Crippen LogP contribution < -0.4 is 9.98 Å². The van der Waals surface area contributed by atoms with E-state index in [0.717, 1.165) is 0 Å². The molecule has 1 aliphatic heterocycles. The summed E-state index contributed by atoms with van der Waals surface area (Å²) in [4.78, 5) is 17.2. The van der Waals surface area contributed by atoms with E-state index < -0.39 is 14.2 Å². The van der Waals surface area contributed by atoms with Crippen LogP contribution in [-0.2, 0) is 9.41 Å². The van der Waals surface area contributed by atoms with Crippen molar-refractivity contribution >= 4 is 31.2 Å². The minimum Gasteiger partial charge on any atom is -0.626 e. The summed E-state index contributed by atoms with van der Waals surface area (Å²) < 4.78 is 7.27. The molecule has 0 spiro atoms. The molecule has 6 nitrogen and oxygen atoms in total. The highest BCUT2D eigenvalue weighted by molar-refractivity contribution is 7.59. The summed E-state index contributed by atoms with van der Waals surface area (Å²) >= 11 is 11.4. The lowest BCUT2D eigenvalue weighted by Crippen LogP contribution is -2.53. The van der Waals surface area contributed by atoms with Gasteiger partial charge in [-0.3, -0.25) is 5.26 Å². The predicted octanol–water partition coefficient (Wildman–Crippen LogP) is 1.65. The fourth-order valence-electron chi connectivity index (χ4n) is 1.88. The third-order valence-corrected chi connectivity index (χ3v) is 5.61. The topological polar surface area (TPSA) is 77.0 Å². The van der Waals surface area contributed by atoms with Crippen LogP contribution in [0.3, 0.4) is 0 Å². The van der Waals surface area contributed by atoms with Gasteiger partial charge in [-0.2, -0.15) is 0 Å². The maximum atomic E-state index is 12.9. The SMILES string of the molecule is CC(C)[C@@H]1C[C@@H](OO)N[P+]([O-])(N(CCCl)CCCl)O1. The Morgan fingerprint density at radius 2 is 2.05 bits per heavy atom. The average Bonchev–Trinajstić information content (AvgIpc) is 2.37. The zero-order valence-corrected chi connectivity index (χ0v) is 13.5. The molecule has 2 N–H and O–H groups in total. The molecular weight excluding hydrogens is 314 g/mol. The summed E-state index contributed by atoms with van der Waals surface area (Å²) in [7, 11) is -3.31. The summed E-state index contributed by atoms with van der Waals surface area (Å²) in [5.41, 5.74) is 0. The molecule has 0 amide bonds. The molecule has 1 saturated heterocycles. The molecule has 19 heavy (non-hydrogen) atoms. The summed E-state index contributed by atoms with van der Waals surface area (Å²) in [6.45, 7) is 4.67. The first-order valence-electron chi connectivity index (χ1n) is 6.20. The molecule has 9 heteroatoms. The summed E-state index contributed by atoms with van der Waals surface area (Å²) in [6, 6.07) is 0. The van der Waals surface area contributed by atoms with Crippen molar-refractivity contribution in [2.75, 3.05) is 24.8 Å². The number of alkyl halides is 2. The normalized spacial score (nSPS) is 32.2. The zero-order chi connectivity index (χ0) is 14.5.